The van der Waals surface area contributed by atoms with Crippen molar-refractivity contribution in [1.29, 1.82) is 0 Å². The molecule has 0 bridgehead atoms. The van der Waals surface area contributed by atoms with Crippen LogP contribution in [0.4, 0.5) is 8.78 Å². The molecule has 0 aliphatic heterocycles. The molecule has 0 saturated heterocycles. The number of nitrogens with zero attached hydrogens (tertiary/aromatic N) is 4. The second-order valence-corrected chi connectivity index (χ2v) is 7.46. The minimum Gasteiger partial charge on any atom is -0.473 e. The average Bonchev–Trinajstić information content (AvgIpc) is 3.31. The van der Waals surface area contributed by atoms with Crippen molar-refractivity contribution in [3.63, 3.8) is 0 Å². The van der Waals surface area contributed by atoms with Crippen molar-refractivity contribution in [3.8, 4) is 17.3 Å². The summed E-state index contributed by atoms with van der Waals surface area (Å²) in [5.74, 6) is -2.85. The topological polar surface area (TPSA) is 116 Å². The van der Waals surface area contributed by atoms with Crippen molar-refractivity contribution < 1.29 is 22.8 Å². The fraction of sp³-hybridized carbons (Fsp3) is 0.320. The summed E-state index contributed by atoms with van der Waals surface area (Å²) in [6, 6.07) is 7.63. The third kappa shape index (κ3) is 7.02. The monoisotopic (exact) mass is 485 g/mol. The van der Waals surface area contributed by atoms with Crippen molar-refractivity contribution in [3.05, 3.63) is 64.7 Å². The lowest BCUT2D eigenvalue weighted by Crippen LogP contribution is -2.11. The van der Waals surface area contributed by atoms with Crippen molar-refractivity contribution in [2.24, 2.45) is 10.7 Å². The molecule has 3 rings (SSSR count). The van der Waals surface area contributed by atoms with Crippen LogP contribution >= 0.6 is 0 Å². The lowest BCUT2D eigenvalue weighted by atomic mass is 10.0. The number of halogens is 2. The summed E-state index contributed by atoms with van der Waals surface area (Å²) in [6.07, 6.45) is 2.63. The number of hydrogen-bond acceptors (Lipinski definition) is 7. The van der Waals surface area contributed by atoms with Crippen LogP contribution < -0.4 is 10.5 Å². The van der Waals surface area contributed by atoms with Gasteiger partial charge in [0.1, 0.15) is 6.61 Å². The van der Waals surface area contributed by atoms with Gasteiger partial charge < -0.3 is 15.0 Å². The number of alkyl halides is 2. The Kier molecular flexibility index (Phi) is 9.33. The van der Waals surface area contributed by atoms with Crippen LogP contribution in [0, 0.1) is 6.92 Å². The quantitative estimate of drug-likeness (QED) is 0.437. The van der Waals surface area contributed by atoms with E-state index in [1.165, 1.54) is 12.1 Å². The first-order valence-corrected chi connectivity index (χ1v) is 10.9. The Labute approximate surface area is 202 Å². The molecule has 35 heavy (non-hydrogen) atoms. The average molecular weight is 486 g/mol. The van der Waals surface area contributed by atoms with Gasteiger partial charge in [-0.15, -0.1) is 0 Å². The van der Waals surface area contributed by atoms with Crippen molar-refractivity contribution in [2.45, 2.75) is 40.5 Å². The number of aliphatic imine (C=N–C) groups is 1. The van der Waals surface area contributed by atoms with E-state index < -0.39 is 11.8 Å². The third-order valence-electron chi connectivity index (χ3n) is 4.82. The smallest absolute Gasteiger partial charge is 0.272 e. The summed E-state index contributed by atoms with van der Waals surface area (Å²) in [7, 11) is 1.59. The van der Waals surface area contributed by atoms with Crippen molar-refractivity contribution in [1.82, 2.24) is 15.1 Å². The van der Waals surface area contributed by atoms with Gasteiger partial charge in [0, 0.05) is 49.1 Å². The molecule has 1 amide bonds. The number of aryl methyl sites for hydroxylation is 1. The van der Waals surface area contributed by atoms with E-state index >= 15 is 0 Å². The van der Waals surface area contributed by atoms with Gasteiger partial charge in [0.15, 0.2) is 0 Å². The van der Waals surface area contributed by atoms with Gasteiger partial charge in [0.2, 0.25) is 17.6 Å². The third-order valence-corrected chi connectivity index (χ3v) is 4.82. The Balaban J connectivity index is 0.00000210. The Morgan fingerprint density at radius 3 is 2.54 bits per heavy atom. The molecule has 186 valence electrons. The number of primary amides is 1. The molecule has 8 nitrogen and oxygen atoms in total. The molecule has 2 N–H and O–H groups in total. The number of pyridine rings is 1. The van der Waals surface area contributed by atoms with Gasteiger partial charge >= 0.3 is 0 Å². The zero-order valence-corrected chi connectivity index (χ0v) is 20.6. The maximum Gasteiger partial charge on any atom is 0.272 e. The number of aromatic nitrogens is 3. The molecule has 2 heterocycles. The number of ether oxygens (including phenoxy) is 1. The summed E-state index contributed by atoms with van der Waals surface area (Å²) in [6.45, 7) is 8.53. The molecule has 2 aromatic heterocycles. The molecule has 0 atom stereocenters. The van der Waals surface area contributed by atoms with E-state index in [1.807, 2.05) is 20.8 Å². The Hall–Kier alpha value is -3.95. The van der Waals surface area contributed by atoms with Crippen LogP contribution in [0.2, 0.25) is 0 Å². The highest BCUT2D eigenvalue weighted by molar-refractivity contribution is 6.09. The van der Waals surface area contributed by atoms with Crippen LogP contribution in [0.1, 0.15) is 55.1 Å². The maximum absolute atomic E-state index is 13.3. The van der Waals surface area contributed by atoms with E-state index in [0.717, 1.165) is 18.7 Å². The van der Waals surface area contributed by atoms with Gasteiger partial charge in [0.05, 0.1) is 5.57 Å². The predicted octanol–water partition coefficient (Wildman–Crippen LogP) is 5.23. The van der Waals surface area contributed by atoms with Gasteiger partial charge in [-0.1, -0.05) is 25.1 Å². The second kappa shape index (κ2) is 12.0. The standard InChI is InChI=1S/C23H23F2N5O3.C2H6/c1-13-5-6-15(20(26)31)9-17(13)21-29-22(33-30-21)18(11-27-4)14(2)12-32-19-8-7-16(10-28-19)23(3,24)25;1-2/h5-11H,12H2,1-4H3,(H2,26,31);1-2H3/b18-14-,27-11?;. The summed E-state index contributed by atoms with van der Waals surface area (Å²) in [4.78, 5) is 23.9. The van der Waals surface area contributed by atoms with E-state index in [-0.39, 0.29) is 23.9 Å². The summed E-state index contributed by atoms with van der Waals surface area (Å²) < 4.78 is 37.7. The van der Waals surface area contributed by atoms with E-state index in [0.29, 0.717) is 28.1 Å². The van der Waals surface area contributed by atoms with E-state index in [9.17, 15) is 13.6 Å². The Morgan fingerprint density at radius 2 is 1.97 bits per heavy atom. The highest BCUT2D eigenvalue weighted by Crippen LogP contribution is 2.27. The molecular formula is C25H29F2N5O3. The largest absolute Gasteiger partial charge is 0.473 e. The number of allylic oxidation sites excluding steroid dienone is 1. The van der Waals surface area contributed by atoms with Gasteiger partial charge in [-0.2, -0.15) is 4.98 Å². The van der Waals surface area contributed by atoms with Gasteiger partial charge in [-0.25, -0.2) is 13.8 Å². The number of rotatable bonds is 8. The first-order chi connectivity index (χ1) is 16.6. The molecule has 0 aliphatic carbocycles. The van der Waals surface area contributed by atoms with E-state index in [1.54, 1.807) is 38.4 Å². The Bertz CT molecular complexity index is 1210. The first kappa shape index (κ1) is 27.3. The molecule has 0 spiro atoms. The van der Waals surface area contributed by atoms with Crippen LogP contribution in [-0.4, -0.2) is 40.9 Å². The van der Waals surface area contributed by atoms with E-state index in [4.69, 9.17) is 15.0 Å². The lowest BCUT2D eigenvalue weighted by molar-refractivity contribution is 0.0170. The molecule has 0 saturated carbocycles. The zero-order valence-electron chi connectivity index (χ0n) is 20.6. The van der Waals surface area contributed by atoms with Crippen LogP contribution in [-0.2, 0) is 5.92 Å². The molecule has 3 aromatic rings. The Morgan fingerprint density at radius 1 is 1.26 bits per heavy atom. The highest BCUT2D eigenvalue weighted by Gasteiger charge is 2.24. The zero-order chi connectivity index (χ0) is 26.2. The number of nitrogens with two attached hydrogens (primary N) is 1. The molecule has 0 unspecified atom stereocenters. The molecule has 1 aromatic carbocycles. The summed E-state index contributed by atoms with van der Waals surface area (Å²) in [5, 5.41) is 4.03. The first-order valence-electron chi connectivity index (χ1n) is 10.9. The number of amides is 1. The van der Waals surface area contributed by atoms with Crippen molar-refractivity contribution >= 4 is 17.7 Å². The number of hydrogen-bond donors (Lipinski definition) is 1. The molecule has 0 radical (unpaired) electrons. The van der Waals surface area contributed by atoms with Crippen LogP contribution in [0.25, 0.3) is 17.0 Å². The normalized spacial score (nSPS) is 12.1. The van der Waals surface area contributed by atoms with Gasteiger partial charge in [-0.05, 0) is 43.2 Å². The molecule has 0 aliphatic rings. The fourth-order valence-electron chi connectivity index (χ4n) is 2.92. The minimum atomic E-state index is -2.98. The summed E-state index contributed by atoms with van der Waals surface area (Å²) in [5.41, 5.74) is 8.19. The van der Waals surface area contributed by atoms with Crippen LogP contribution in [0.5, 0.6) is 5.88 Å². The fourth-order valence-corrected chi connectivity index (χ4v) is 2.92. The predicted molar refractivity (Wildman–Crippen MR) is 131 cm³/mol. The minimum absolute atomic E-state index is 0.0874. The van der Waals surface area contributed by atoms with Crippen LogP contribution in [0.3, 0.4) is 0 Å². The van der Waals surface area contributed by atoms with Crippen molar-refractivity contribution in [2.75, 3.05) is 13.7 Å². The maximum atomic E-state index is 13.3. The molecule has 0 fully saturated rings. The molecular weight excluding hydrogens is 456 g/mol. The number of benzene rings is 1. The van der Waals surface area contributed by atoms with Crippen LogP contribution in [0.15, 0.2) is 51.6 Å². The number of carbonyl (C=O) groups excluding carboxylic acids is 1. The highest BCUT2D eigenvalue weighted by atomic mass is 19.3. The van der Waals surface area contributed by atoms with E-state index in [2.05, 4.69) is 20.1 Å². The van der Waals surface area contributed by atoms with Gasteiger partial charge in [-0.3, -0.25) is 9.79 Å². The second-order valence-electron chi connectivity index (χ2n) is 7.46. The summed E-state index contributed by atoms with van der Waals surface area (Å²) >= 11 is 0. The SMILES string of the molecule is CC.CN=C/C(=C(\C)COc1ccc(C(C)(F)F)cn1)c1nc(-c2cc(C(N)=O)ccc2C)no1. The van der Waals surface area contributed by atoms with Gasteiger partial charge in [0.25, 0.3) is 11.8 Å². The number of carbonyl (C=O) groups is 1. The molecule has 10 heteroatoms. The lowest BCUT2D eigenvalue weighted by Gasteiger charge is -2.11.